The van der Waals surface area contributed by atoms with Crippen molar-refractivity contribution in [3.63, 3.8) is 0 Å². The molecule has 0 spiro atoms. The van der Waals surface area contributed by atoms with E-state index >= 15 is 28.8 Å². The van der Waals surface area contributed by atoms with Gasteiger partial charge in [0.05, 0.1) is 34.0 Å². The minimum absolute atomic E-state index is 0.0483. The number of urea groups is 1. The summed E-state index contributed by atoms with van der Waals surface area (Å²) in [5.41, 5.74) is -0.342. The number of amides is 8. The third-order valence-electron chi connectivity index (χ3n) is 24.9. The number of aliphatic hydroxyl groups is 5. The molecule has 30 nitrogen and oxygen atoms in total. The van der Waals surface area contributed by atoms with Gasteiger partial charge >= 0.3 is 12.1 Å². The van der Waals surface area contributed by atoms with Crippen molar-refractivity contribution in [1.29, 1.82) is 0 Å². The number of hydrogen-bond donors (Lipinski definition) is 15. The normalized spacial score (nSPS) is 27.4. The number of fused-ring (bicyclic) bond motifs is 15. The maximum atomic E-state index is 16.7. The van der Waals surface area contributed by atoms with Crippen molar-refractivity contribution in [2.45, 2.75) is 190 Å². The number of Topliss-reactive ketones (excluding diaryl/α,β-unsaturated/α-hetero) is 3. The van der Waals surface area contributed by atoms with Crippen LogP contribution in [0.15, 0.2) is 140 Å². The molecule has 6 aliphatic heterocycles. The number of phenols is 3. The van der Waals surface area contributed by atoms with Gasteiger partial charge in [-0.15, -0.1) is 0 Å². The van der Waals surface area contributed by atoms with Crippen LogP contribution in [0, 0.1) is 47.3 Å². The monoisotopic (exact) mass is 1730 g/mol. The van der Waals surface area contributed by atoms with Crippen LogP contribution >= 0.6 is 23.2 Å². The molecule has 0 radical (unpaired) electrons. The first-order valence-corrected chi connectivity index (χ1v) is 42.2. The largest absolute Gasteiger partial charge is 0.508 e. The Hall–Kier alpha value is -11.2. The molecular formula is C91H99Cl2N7O23. The van der Waals surface area contributed by atoms with Gasteiger partial charge in [0.25, 0.3) is 0 Å². The van der Waals surface area contributed by atoms with Crippen LogP contribution < -0.4 is 51.4 Å². The number of imide groups is 1. The molecule has 8 amide bonds. The van der Waals surface area contributed by atoms with E-state index in [9.17, 15) is 60.0 Å². The second kappa shape index (κ2) is 37.5. The lowest BCUT2D eigenvalue weighted by Gasteiger charge is -2.54. The van der Waals surface area contributed by atoms with E-state index in [0.29, 0.717) is 29.4 Å². The SMILES string of the molecule is CC[C@H](CC(C)C)C(=O)N[C@H]1C(=O)C[C@@H](CC(=O)NC(=O)N[C@@H](C)c2ccccc2)C(=O)N[C@H]2C(=O)C[C@@H]3C(=O)N[C@H](C(=O)N[C@H](C(=O)CC4C5CC6CC(C5)CC4C6)c4cc(O)cc(O)c4-c4cc3ccc4O)[C@H](O)c3ccc(c(Cl)c3)Oc3cc2cc(c3OC2O[C@H](COC(=O)N[C@@H](C)c3ccccc3)[C@@H](O)[C@H](O)[C@H]2O)Oc2ccc(cc2Cl)[C@H]1O. The van der Waals surface area contributed by atoms with Crippen molar-refractivity contribution in [1.82, 2.24) is 37.2 Å². The summed E-state index contributed by atoms with van der Waals surface area (Å²) in [4.78, 5) is 152. The predicted molar refractivity (Wildman–Crippen MR) is 444 cm³/mol. The smallest absolute Gasteiger partial charge is 0.407 e. The van der Waals surface area contributed by atoms with Gasteiger partial charge in [0.15, 0.2) is 28.8 Å². The molecular weight excluding hydrogens is 1630 g/mol. The zero-order valence-corrected chi connectivity index (χ0v) is 69.4. The zero-order valence-electron chi connectivity index (χ0n) is 67.9. The van der Waals surface area contributed by atoms with Crippen molar-refractivity contribution < 1.29 is 112 Å². The summed E-state index contributed by atoms with van der Waals surface area (Å²) in [7, 11) is 0. The average molecular weight is 1730 g/mol. The highest BCUT2D eigenvalue weighted by atomic mass is 35.5. The Morgan fingerprint density at radius 3 is 1.79 bits per heavy atom. The first-order valence-electron chi connectivity index (χ1n) is 41.4. The van der Waals surface area contributed by atoms with Gasteiger partial charge in [-0.1, -0.05) is 123 Å². The van der Waals surface area contributed by atoms with Crippen LogP contribution in [0.4, 0.5) is 9.59 Å². The highest BCUT2D eigenvalue weighted by molar-refractivity contribution is 6.32. The highest BCUT2D eigenvalue weighted by Gasteiger charge is 2.51. The van der Waals surface area contributed by atoms with Crippen LogP contribution in [0.5, 0.6) is 46.0 Å². The zero-order chi connectivity index (χ0) is 87.7. The van der Waals surface area contributed by atoms with Gasteiger partial charge < -0.3 is 96.4 Å². The van der Waals surface area contributed by atoms with Gasteiger partial charge in [-0.05, 0) is 188 Å². The number of halogens is 2. The van der Waals surface area contributed by atoms with E-state index in [0.717, 1.165) is 68.5 Å². The standard InChI is InChI=1S/C91H99Cl2N7O23/c1-6-46(23-41(2)3)85(113)99-77-65(104)32-55(35-73(107)96-90(117)94-42(4)47-13-9-7-10-14-47)86(114)97-75-54-33-70(120-68-21-18-50(79(77)108)30-61(68)92)84(123-89-83(112)82(111)81(110)72(122-89)40-119-91(118)95-43(5)48-15-11-8-12-16-48)71(34-54)121-69-22-19-51(31-62(69)93)80(109)78-88(116)98-76(67(106)38-57-52-25-44-24-45(27-52)28-53(57)26-44)60-36-56(101)37-64(103)74(60)59-29-49(17-20-63(59)102)58(39-66(75)105)87(115)100-78/h7-22,29-31,33-34,36-37,41-46,52-53,55,57-58,72,75-83,89,101-103,108-112H,6,23-28,32,35,38-40H2,1-5H3,(H,95,118)(H,97,114)(H,98,116)(H,99,113)(H,100,115)(H2,94,96,107,117)/t42-,43-,44?,45?,46+,52?,53?,55-,57?,58-,72+,75+,76-,77-,78-,79+,80+,81+,82-,83+,89?/m0/s1. The van der Waals surface area contributed by atoms with Crippen molar-refractivity contribution in [3.8, 4) is 57.1 Å². The van der Waals surface area contributed by atoms with Crippen LogP contribution in [0.1, 0.15) is 186 Å². The topological polar surface area (TPSA) is 463 Å². The second-order valence-corrected chi connectivity index (χ2v) is 34.7. The Bertz CT molecular complexity index is 5190. The number of ketones is 3. The van der Waals surface area contributed by atoms with Crippen LogP contribution in [-0.2, 0) is 47.8 Å². The van der Waals surface area contributed by atoms with Gasteiger partial charge in [-0.2, -0.15) is 0 Å². The molecule has 16 atom stereocenters. The van der Waals surface area contributed by atoms with E-state index in [2.05, 4.69) is 37.2 Å². The maximum absolute atomic E-state index is 16.7. The number of carbonyl (C=O) groups excluding carboxylic acids is 10. The molecule has 4 aliphatic carbocycles. The molecule has 32 heteroatoms. The van der Waals surface area contributed by atoms with Crippen molar-refractivity contribution in [2.75, 3.05) is 6.61 Å². The number of alkyl carbamates (subject to hydrolysis) is 1. The van der Waals surface area contributed by atoms with E-state index < -0.39 is 222 Å². The van der Waals surface area contributed by atoms with Gasteiger partial charge in [-0.25, -0.2) is 9.59 Å². The van der Waals surface area contributed by atoms with E-state index in [1.165, 1.54) is 42.5 Å². The van der Waals surface area contributed by atoms with Gasteiger partial charge in [-0.3, -0.25) is 43.7 Å². The van der Waals surface area contributed by atoms with E-state index in [4.69, 9.17) is 46.9 Å². The molecule has 17 rings (SSSR count). The summed E-state index contributed by atoms with van der Waals surface area (Å²) in [6.45, 7) is 8.03. The predicted octanol–water partition coefficient (Wildman–Crippen LogP) is 10.8. The van der Waals surface area contributed by atoms with Gasteiger partial charge in [0.1, 0.15) is 96.1 Å². The van der Waals surface area contributed by atoms with Crippen LogP contribution in [0.25, 0.3) is 11.1 Å². The fraction of sp³-hybridized carbons (Fsp3) is 0.429. The molecule has 15 bridgehead atoms. The van der Waals surface area contributed by atoms with Gasteiger partial charge in [0.2, 0.25) is 41.6 Å². The molecule has 650 valence electrons. The molecule has 0 aromatic heterocycles. The molecule has 1 saturated heterocycles. The molecule has 123 heavy (non-hydrogen) atoms. The Balaban J connectivity index is 0.938. The van der Waals surface area contributed by atoms with Crippen LogP contribution in [0.2, 0.25) is 10.0 Å². The average Bonchev–Trinajstić information content (AvgIpc) is 0.757. The lowest BCUT2D eigenvalue weighted by atomic mass is 9.51. The number of phenolic OH excluding ortho intramolecular Hbond substituents is 3. The lowest BCUT2D eigenvalue weighted by Crippen LogP contribution is -2.60. The van der Waals surface area contributed by atoms with Gasteiger partial charge in [0, 0.05) is 48.8 Å². The fourth-order valence-electron chi connectivity index (χ4n) is 18.7. The quantitative estimate of drug-likeness (QED) is 0.0379. The Morgan fingerprint density at radius 2 is 1.19 bits per heavy atom. The molecule has 7 aromatic carbocycles. The van der Waals surface area contributed by atoms with Crippen molar-refractivity contribution in [3.05, 3.63) is 189 Å². The summed E-state index contributed by atoms with van der Waals surface area (Å²) in [5.74, 6) is -16.3. The number of carbonyl (C=O) groups is 10. The first kappa shape index (κ1) is 88.1. The summed E-state index contributed by atoms with van der Waals surface area (Å²) in [6.07, 6.45) is -13.4. The molecule has 1 unspecified atom stereocenters. The van der Waals surface area contributed by atoms with Crippen LogP contribution in [0.3, 0.4) is 0 Å². The van der Waals surface area contributed by atoms with E-state index in [-0.39, 0.29) is 91.4 Å². The van der Waals surface area contributed by atoms with Crippen LogP contribution in [-0.4, -0.2) is 149 Å². The highest BCUT2D eigenvalue weighted by Crippen LogP contribution is 2.58. The molecule has 6 heterocycles. The van der Waals surface area contributed by atoms with E-state index in [1.54, 1.807) is 81.4 Å². The van der Waals surface area contributed by atoms with E-state index in [1.807, 2.05) is 13.8 Å². The summed E-state index contributed by atoms with van der Waals surface area (Å²) in [6, 6.07) is 22.1. The minimum atomic E-state index is -2.25. The number of aliphatic hydroxyl groups excluding tert-OH is 5. The molecule has 15 N–H and O–H groups in total. The number of aromatic hydroxyl groups is 3. The number of hydrogen-bond acceptors (Lipinski definition) is 23. The fourth-order valence-corrected chi connectivity index (χ4v) is 19.1. The molecule has 4 saturated carbocycles. The number of benzene rings is 7. The minimum Gasteiger partial charge on any atom is -0.508 e. The summed E-state index contributed by atoms with van der Waals surface area (Å²) >= 11 is 14.5. The number of ether oxygens (including phenoxy) is 5. The third-order valence-corrected chi connectivity index (χ3v) is 25.5. The Labute approximate surface area is 718 Å². The Kier molecular flexibility index (Phi) is 26.8. The number of nitrogens with one attached hydrogen (secondary N) is 7. The second-order valence-electron chi connectivity index (χ2n) is 33.8. The van der Waals surface area contributed by atoms with Crippen molar-refractivity contribution in [2.24, 2.45) is 47.3 Å². The summed E-state index contributed by atoms with van der Waals surface area (Å²) in [5, 5.41) is 114. The number of rotatable bonds is 18. The molecule has 5 fully saturated rings. The van der Waals surface area contributed by atoms with Crippen molar-refractivity contribution >= 4 is 82.2 Å². The Morgan fingerprint density at radius 1 is 0.585 bits per heavy atom. The lowest BCUT2D eigenvalue weighted by molar-refractivity contribution is -0.277. The summed E-state index contributed by atoms with van der Waals surface area (Å²) < 4.78 is 31.8. The third kappa shape index (κ3) is 19.6. The first-order chi connectivity index (χ1) is 58.7. The molecule has 7 aromatic rings. The molecule has 10 aliphatic rings. The maximum Gasteiger partial charge on any atom is 0.407 e.